The molecule has 0 spiro atoms. The van der Waals surface area contributed by atoms with Crippen molar-refractivity contribution in [1.29, 1.82) is 0 Å². The summed E-state index contributed by atoms with van der Waals surface area (Å²) in [7, 11) is 0. The van der Waals surface area contributed by atoms with Crippen LogP contribution in [0, 0.1) is 11.8 Å². The van der Waals surface area contributed by atoms with Crippen LogP contribution in [-0.2, 0) is 6.42 Å². The number of nitrogens with zero attached hydrogens (tertiary/aromatic N) is 1. The average Bonchev–Trinajstić information content (AvgIpc) is 3.46. The zero-order chi connectivity index (χ0) is 23.2. The zero-order valence-electron chi connectivity index (χ0n) is 19.6. The predicted octanol–water partition coefficient (Wildman–Crippen LogP) is 5.99. The lowest BCUT2D eigenvalue weighted by Crippen LogP contribution is -2.22. The molecule has 1 heterocycles. The Morgan fingerprint density at radius 1 is 1.27 bits per heavy atom. The van der Waals surface area contributed by atoms with Crippen LogP contribution in [0.2, 0.25) is 0 Å². The summed E-state index contributed by atoms with van der Waals surface area (Å²) in [5.74, 6) is 7.38. The summed E-state index contributed by atoms with van der Waals surface area (Å²) in [6.45, 7) is 6.99. The third-order valence-corrected chi connectivity index (χ3v) is 6.81. The van der Waals surface area contributed by atoms with Gasteiger partial charge in [-0.3, -0.25) is 0 Å². The van der Waals surface area contributed by atoms with E-state index in [1.807, 2.05) is 26.1 Å². The lowest BCUT2D eigenvalue weighted by molar-refractivity contribution is 0.242. The summed E-state index contributed by atoms with van der Waals surface area (Å²) in [4.78, 5) is 5.95. The lowest BCUT2D eigenvalue weighted by atomic mass is 10.0. The number of benzene rings is 2. The highest BCUT2D eigenvalue weighted by Gasteiger charge is 2.25. The molecule has 1 aromatic heterocycles. The second-order valence-corrected chi connectivity index (χ2v) is 9.63. The van der Waals surface area contributed by atoms with Crippen molar-refractivity contribution in [2.75, 3.05) is 13.2 Å². The summed E-state index contributed by atoms with van der Waals surface area (Å²) >= 11 is 1.72. The minimum Gasteiger partial charge on any atom is -0.490 e. The maximum Gasteiger partial charge on any atom is 0.135 e. The highest BCUT2D eigenvalue weighted by Crippen LogP contribution is 2.41. The van der Waals surface area contributed by atoms with Gasteiger partial charge in [-0.1, -0.05) is 37.0 Å². The van der Waals surface area contributed by atoms with Gasteiger partial charge >= 0.3 is 0 Å². The van der Waals surface area contributed by atoms with E-state index < -0.39 is 0 Å². The van der Waals surface area contributed by atoms with Crippen molar-refractivity contribution in [2.45, 2.75) is 58.6 Å². The fourth-order valence-corrected chi connectivity index (χ4v) is 5.23. The fourth-order valence-electron chi connectivity index (χ4n) is 4.27. The van der Waals surface area contributed by atoms with Gasteiger partial charge in [0.25, 0.3) is 0 Å². The van der Waals surface area contributed by atoms with Gasteiger partial charge in [0.1, 0.15) is 10.8 Å². The van der Waals surface area contributed by atoms with Crippen molar-refractivity contribution >= 4 is 11.3 Å². The van der Waals surface area contributed by atoms with E-state index in [0.717, 1.165) is 47.6 Å². The van der Waals surface area contributed by atoms with Gasteiger partial charge in [0.15, 0.2) is 0 Å². The van der Waals surface area contributed by atoms with Crippen molar-refractivity contribution < 1.29 is 9.84 Å². The smallest absolute Gasteiger partial charge is 0.135 e. The Kier molecular flexibility index (Phi) is 7.82. The third kappa shape index (κ3) is 5.47. The van der Waals surface area contributed by atoms with Gasteiger partial charge in [0, 0.05) is 30.8 Å². The van der Waals surface area contributed by atoms with Crippen LogP contribution in [0.1, 0.15) is 62.8 Å². The normalized spacial score (nSPS) is 14.8. The van der Waals surface area contributed by atoms with Crippen molar-refractivity contribution in [3.05, 3.63) is 59.3 Å². The minimum atomic E-state index is 0.102. The van der Waals surface area contributed by atoms with Crippen LogP contribution >= 0.6 is 11.3 Å². The van der Waals surface area contributed by atoms with Crippen molar-refractivity contribution in [3.63, 3.8) is 0 Å². The largest absolute Gasteiger partial charge is 0.490 e. The molecular formula is C28H32N2O2S. The van der Waals surface area contributed by atoms with Crippen LogP contribution in [0.25, 0.3) is 21.0 Å². The SMILES string of the molecule is CCCC#Cc1cc(-c2ncc(-c3cccc4c3CCC4NCCO)s2)ccc1OC(C)C. The molecule has 5 heteroatoms. The number of aliphatic hydroxyl groups is 1. The first-order valence-corrected chi connectivity index (χ1v) is 12.6. The Bertz CT molecular complexity index is 1160. The van der Waals surface area contributed by atoms with Gasteiger partial charge in [0.2, 0.25) is 0 Å². The molecule has 2 aromatic carbocycles. The topological polar surface area (TPSA) is 54.4 Å². The summed E-state index contributed by atoms with van der Waals surface area (Å²) in [5, 5.41) is 13.6. The van der Waals surface area contributed by atoms with E-state index in [1.54, 1.807) is 11.3 Å². The molecule has 0 saturated carbocycles. The number of fused-ring (bicyclic) bond motifs is 1. The molecule has 4 rings (SSSR count). The number of hydrogen-bond donors (Lipinski definition) is 2. The molecule has 0 amide bonds. The number of aromatic nitrogens is 1. The molecule has 33 heavy (non-hydrogen) atoms. The second-order valence-electron chi connectivity index (χ2n) is 8.60. The number of unbranched alkanes of at least 4 members (excludes halogenated alkanes) is 1. The Balaban J connectivity index is 1.64. The van der Waals surface area contributed by atoms with Gasteiger partial charge in [-0.25, -0.2) is 4.98 Å². The molecule has 3 aromatic rings. The highest BCUT2D eigenvalue weighted by atomic mass is 32.1. The fraction of sp³-hybridized carbons (Fsp3) is 0.393. The first kappa shape index (κ1) is 23.5. The Morgan fingerprint density at radius 3 is 2.94 bits per heavy atom. The standard InChI is InChI=1S/C28H32N2O2S/c1-4-5-6-8-20-17-21(11-14-26(20)32-19(2)3)28-30-18-27(33-28)24-10-7-9-23-22(24)12-13-25(23)29-15-16-31/h7,9-11,14,17-19,25,29,31H,4-5,12-13,15-16H2,1-3H3. The minimum absolute atomic E-state index is 0.102. The van der Waals surface area contributed by atoms with E-state index in [1.165, 1.54) is 21.6 Å². The van der Waals surface area contributed by atoms with E-state index >= 15 is 0 Å². The lowest BCUT2D eigenvalue weighted by Gasteiger charge is -2.13. The first-order chi connectivity index (χ1) is 16.1. The summed E-state index contributed by atoms with van der Waals surface area (Å²) in [6, 6.07) is 13.1. The average molecular weight is 461 g/mol. The molecule has 0 fully saturated rings. The highest BCUT2D eigenvalue weighted by molar-refractivity contribution is 7.18. The van der Waals surface area contributed by atoms with E-state index in [-0.39, 0.29) is 12.7 Å². The Labute approximate surface area is 201 Å². The zero-order valence-corrected chi connectivity index (χ0v) is 20.5. The second kappa shape index (κ2) is 11.0. The van der Waals surface area contributed by atoms with Crippen LogP contribution in [0.4, 0.5) is 0 Å². The maximum absolute atomic E-state index is 9.17. The molecular weight excluding hydrogens is 428 g/mol. The van der Waals surface area contributed by atoms with E-state index in [2.05, 4.69) is 54.4 Å². The number of ether oxygens (including phenoxy) is 1. The molecule has 1 unspecified atom stereocenters. The Morgan fingerprint density at radius 2 is 2.15 bits per heavy atom. The molecule has 2 N–H and O–H groups in total. The van der Waals surface area contributed by atoms with Crippen molar-refractivity contribution in [1.82, 2.24) is 10.3 Å². The number of hydrogen-bond acceptors (Lipinski definition) is 5. The van der Waals surface area contributed by atoms with Crippen LogP contribution in [-0.4, -0.2) is 29.3 Å². The number of rotatable bonds is 8. The summed E-state index contributed by atoms with van der Waals surface area (Å²) in [5.41, 5.74) is 6.00. The number of aliphatic hydroxyl groups excluding tert-OH is 1. The predicted molar refractivity (Wildman–Crippen MR) is 137 cm³/mol. The molecule has 0 aliphatic heterocycles. The molecule has 0 bridgehead atoms. The molecule has 0 radical (unpaired) electrons. The third-order valence-electron chi connectivity index (χ3n) is 5.73. The van der Waals surface area contributed by atoms with Gasteiger partial charge in [-0.2, -0.15) is 0 Å². The van der Waals surface area contributed by atoms with Crippen LogP contribution in [0.5, 0.6) is 5.75 Å². The number of thiazole rings is 1. The molecule has 1 atom stereocenters. The number of nitrogens with one attached hydrogen (secondary N) is 1. The molecule has 1 aliphatic carbocycles. The monoisotopic (exact) mass is 460 g/mol. The van der Waals surface area contributed by atoms with E-state index in [0.29, 0.717) is 12.6 Å². The summed E-state index contributed by atoms with van der Waals surface area (Å²) in [6.07, 6.45) is 6.12. The van der Waals surface area contributed by atoms with Gasteiger partial charge < -0.3 is 15.2 Å². The van der Waals surface area contributed by atoms with Gasteiger partial charge in [-0.15, -0.1) is 11.3 Å². The van der Waals surface area contributed by atoms with E-state index in [4.69, 9.17) is 9.72 Å². The molecule has 172 valence electrons. The van der Waals surface area contributed by atoms with Gasteiger partial charge in [0.05, 0.1) is 23.2 Å². The van der Waals surface area contributed by atoms with Crippen LogP contribution in [0.3, 0.4) is 0 Å². The van der Waals surface area contributed by atoms with Crippen LogP contribution in [0.15, 0.2) is 42.6 Å². The maximum atomic E-state index is 9.17. The first-order valence-electron chi connectivity index (χ1n) is 11.8. The van der Waals surface area contributed by atoms with E-state index in [9.17, 15) is 5.11 Å². The molecule has 1 aliphatic rings. The van der Waals surface area contributed by atoms with Crippen molar-refractivity contribution in [2.24, 2.45) is 0 Å². The van der Waals surface area contributed by atoms with Crippen LogP contribution < -0.4 is 10.1 Å². The quantitative estimate of drug-likeness (QED) is 0.406. The van der Waals surface area contributed by atoms with Crippen molar-refractivity contribution in [3.8, 4) is 38.6 Å². The van der Waals surface area contributed by atoms with Gasteiger partial charge in [-0.05, 0) is 68.0 Å². The molecule has 4 nitrogen and oxygen atoms in total. The molecule has 0 saturated heterocycles. The summed E-state index contributed by atoms with van der Waals surface area (Å²) < 4.78 is 5.99. The Hall–Kier alpha value is -2.65.